The minimum absolute atomic E-state index is 0.0557. The average molecular weight is 618 g/mol. The first-order chi connectivity index (χ1) is 21.2. The SMILES string of the molecule is Cn1cc(Cl)cc1C(=O)N1CC[C@@H]2Oc3cc(F)cc(c3)CNC(=O)COc3cccc(c3)-c3cncc(c3)C(=O)N[C@@H]2C1. The van der Waals surface area contributed by atoms with Crippen LogP contribution in [0.4, 0.5) is 4.39 Å². The highest BCUT2D eigenvalue weighted by molar-refractivity contribution is 6.31. The maximum Gasteiger partial charge on any atom is 0.270 e. The van der Waals surface area contributed by atoms with Crippen LogP contribution in [0.3, 0.4) is 0 Å². The van der Waals surface area contributed by atoms with E-state index in [9.17, 15) is 18.8 Å². The Morgan fingerprint density at radius 2 is 1.89 bits per heavy atom. The molecule has 2 N–H and O–H groups in total. The summed E-state index contributed by atoms with van der Waals surface area (Å²) in [7, 11) is 1.74. The number of likely N-dealkylation sites (tertiary alicyclic amines) is 1. The van der Waals surface area contributed by atoms with Gasteiger partial charge < -0.3 is 29.6 Å². The lowest BCUT2D eigenvalue weighted by atomic mass is 10.00. The number of ether oxygens (including phenoxy) is 2. The van der Waals surface area contributed by atoms with Crippen molar-refractivity contribution >= 4 is 29.3 Å². The molecule has 3 amide bonds. The van der Waals surface area contributed by atoms with E-state index in [4.69, 9.17) is 21.1 Å². The molecule has 12 heteroatoms. The minimum Gasteiger partial charge on any atom is -0.488 e. The highest BCUT2D eigenvalue weighted by Crippen LogP contribution is 2.26. The molecular formula is C32H29ClFN5O5. The second-order valence-electron chi connectivity index (χ2n) is 10.8. The van der Waals surface area contributed by atoms with Gasteiger partial charge in [0.2, 0.25) is 0 Å². The summed E-state index contributed by atoms with van der Waals surface area (Å²) in [4.78, 5) is 45.5. The molecule has 1 fully saturated rings. The van der Waals surface area contributed by atoms with Gasteiger partial charge in [0.1, 0.15) is 29.1 Å². The van der Waals surface area contributed by atoms with Crippen LogP contribution in [-0.4, -0.2) is 64.0 Å². The third-order valence-electron chi connectivity index (χ3n) is 7.59. The summed E-state index contributed by atoms with van der Waals surface area (Å²) < 4.78 is 28.2. The maximum atomic E-state index is 14.6. The number of nitrogens with zero attached hydrogens (tertiary/aromatic N) is 3. The summed E-state index contributed by atoms with van der Waals surface area (Å²) in [5, 5.41) is 6.21. The smallest absolute Gasteiger partial charge is 0.270 e. The molecule has 0 aliphatic carbocycles. The number of aryl methyl sites for hydroxylation is 1. The molecule has 0 spiro atoms. The molecule has 2 aliphatic heterocycles. The van der Waals surface area contributed by atoms with Crippen molar-refractivity contribution in [1.29, 1.82) is 0 Å². The van der Waals surface area contributed by atoms with E-state index in [-0.39, 0.29) is 37.3 Å². The number of hydrogen-bond donors (Lipinski definition) is 2. The summed E-state index contributed by atoms with van der Waals surface area (Å²) in [6.45, 7) is 0.296. The summed E-state index contributed by atoms with van der Waals surface area (Å²) in [5.41, 5.74) is 2.62. The molecule has 44 heavy (non-hydrogen) atoms. The summed E-state index contributed by atoms with van der Waals surface area (Å²) in [6.07, 6.45) is 4.51. The molecule has 0 saturated carbocycles. The first-order valence-electron chi connectivity index (χ1n) is 14.0. The fraction of sp³-hybridized carbons (Fsp3) is 0.250. The Morgan fingerprint density at radius 3 is 2.70 bits per heavy atom. The van der Waals surface area contributed by atoms with Gasteiger partial charge in [-0.15, -0.1) is 0 Å². The molecule has 4 aromatic rings. The van der Waals surface area contributed by atoms with Crippen molar-refractivity contribution in [2.24, 2.45) is 7.05 Å². The lowest BCUT2D eigenvalue weighted by Gasteiger charge is -2.39. The monoisotopic (exact) mass is 617 g/mol. The van der Waals surface area contributed by atoms with E-state index >= 15 is 0 Å². The third kappa shape index (κ3) is 6.52. The van der Waals surface area contributed by atoms with E-state index < -0.39 is 23.9 Å². The van der Waals surface area contributed by atoms with Crippen molar-refractivity contribution in [2.45, 2.75) is 25.1 Å². The molecular weight excluding hydrogens is 589 g/mol. The summed E-state index contributed by atoms with van der Waals surface area (Å²) in [6, 6.07) is 14.0. The van der Waals surface area contributed by atoms with Crippen LogP contribution in [-0.2, 0) is 18.4 Å². The zero-order chi connectivity index (χ0) is 30.8. The highest BCUT2D eigenvalue weighted by atomic mass is 35.5. The van der Waals surface area contributed by atoms with E-state index in [1.54, 1.807) is 65.3 Å². The molecule has 6 bridgehead atoms. The van der Waals surface area contributed by atoms with Gasteiger partial charge in [-0.3, -0.25) is 19.4 Å². The predicted molar refractivity (Wildman–Crippen MR) is 160 cm³/mol. The Bertz CT molecular complexity index is 1740. The van der Waals surface area contributed by atoms with E-state index in [2.05, 4.69) is 15.6 Å². The van der Waals surface area contributed by atoms with Gasteiger partial charge in [0.05, 0.1) is 16.6 Å². The topological polar surface area (TPSA) is 115 Å². The normalized spacial score (nSPS) is 18.8. The standard InChI is InChI=1S/C32H29ClFN5O5/c1-38-16-23(33)11-28(38)32(42)39-6-5-29-27(17-39)37-31(41)22-9-21(14-35-15-22)20-3-2-4-25(10-20)43-18-30(40)36-13-19-7-24(34)12-26(8-19)44-29/h2-4,7-12,14-16,27,29H,5-6,13,17-18H2,1H3,(H,36,40)(H,37,41)/t27-,29+/m1/s1. The van der Waals surface area contributed by atoms with E-state index in [0.29, 0.717) is 46.1 Å². The Labute approximate surface area is 257 Å². The van der Waals surface area contributed by atoms with E-state index in [1.807, 2.05) is 6.07 Å². The number of fused-ring (bicyclic) bond motifs is 8. The van der Waals surface area contributed by atoms with Crippen LogP contribution in [0.15, 0.2) is 73.2 Å². The lowest BCUT2D eigenvalue weighted by molar-refractivity contribution is -0.123. The Kier molecular flexibility index (Phi) is 8.21. The number of halogens is 2. The molecule has 2 aromatic heterocycles. The minimum atomic E-state index is -0.648. The molecule has 0 unspecified atom stereocenters. The van der Waals surface area contributed by atoms with Crippen LogP contribution in [0, 0.1) is 5.82 Å². The van der Waals surface area contributed by atoms with Crippen molar-refractivity contribution in [3.05, 3.63) is 101 Å². The fourth-order valence-corrected chi connectivity index (χ4v) is 5.65. The number of rotatable bonds is 1. The van der Waals surface area contributed by atoms with Gasteiger partial charge >= 0.3 is 0 Å². The second kappa shape index (κ2) is 12.4. The van der Waals surface area contributed by atoms with Crippen molar-refractivity contribution in [3.8, 4) is 22.6 Å². The molecule has 226 valence electrons. The van der Waals surface area contributed by atoms with Crippen molar-refractivity contribution in [3.63, 3.8) is 0 Å². The average Bonchev–Trinajstić information content (AvgIpc) is 3.36. The van der Waals surface area contributed by atoms with Crippen LogP contribution >= 0.6 is 11.6 Å². The molecule has 6 rings (SSSR count). The number of benzene rings is 2. The van der Waals surface area contributed by atoms with Crippen molar-refractivity contribution in [2.75, 3.05) is 19.7 Å². The number of nitrogens with one attached hydrogen (secondary N) is 2. The van der Waals surface area contributed by atoms with Gasteiger partial charge in [-0.05, 0) is 47.5 Å². The molecule has 4 heterocycles. The third-order valence-corrected chi connectivity index (χ3v) is 7.80. The number of pyridine rings is 1. The first kappa shape index (κ1) is 29.2. The molecule has 10 nitrogen and oxygen atoms in total. The number of piperidine rings is 1. The quantitative estimate of drug-likeness (QED) is 0.334. The largest absolute Gasteiger partial charge is 0.488 e. The molecule has 1 saturated heterocycles. The van der Waals surface area contributed by atoms with Gasteiger partial charge in [0.25, 0.3) is 17.7 Å². The predicted octanol–water partition coefficient (Wildman–Crippen LogP) is 3.98. The lowest BCUT2D eigenvalue weighted by Crippen LogP contribution is -2.58. The molecule has 2 aromatic carbocycles. The maximum absolute atomic E-state index is 14.6. The first-order valence-corrected chi connectivity index (χ1v) is 14.4. The summed E-state index contributed by atoms with van der Waals surface area (Å²) in [5.74, 6) is -0.869. The van der Waals surface area contributed by atoms with Crippen LogP contribution in [0.25, 0.3) is 11.1 Å². The van der Waals surface area contributed by atoms with Gasteiger partial charge in [0, 0.05) is 63.3 Å². The van der Waals surface area contributed by atoms with Crippen LogP contribution in [0.5, 0.6) is 11.5 Å². The number of amides is 3. The Hall–Kier alpha value is -4.90. The number of carbonyl (C=O) groups excluding carboxylic acids is 3. The van der Waals surface area contributed by atoms with E-state index in [0.717, 1.165) is 5.56 Å². The number of hydrogen-bond acceptors (Lipinski definition) is 6. The van der Waals surface area contributed by atoms with Crippen molar-refractivity contribution in [1.82, 2.24) is 25.1 Å². The van der Waals surface area contributed by atoms with Crippen molar-refractivity contribution < 1.29 is 28.2 Å². The van der Waals surface area contributed by atoms with Gasteiger partial charge in [-0.1, -0.05) is 23.7 Å². The fourth-order valence-electron chi connectivity index (χ4n) is 5.40. The zero-order valence-corrected chi connectivity index (χ0v) is 24.5. The second-order valence-corrected chi connectivity index (χ2v) is 11.2. The highest BCUT2D eigenvalue weighted by Gasteiger charge is 2.35. The van der Waals surface area contributed by atoms with Gasteiger partial charge in [0.15, 0.2) is 6.61 Å². The molecule has 2 atom stereocenters. The number of carbonyl (C=O) groups is 3. The van der Waals surface area contributed by atoms with Crippen LogP contribution < -0.4 is 20.1 Å². The van der Waals surface area contributed by atoms with E-state index in [1.165, 1.54) is 18.3 Å². The molecule has 0 radical (unpaired) electrons. The zero-order valence-electron chi connectivity index (χ0n) is 23.8. The van der Waals surface area contributed by atoms with Crippen LogP contribution in [0.2, 0.25) is 5.02 Å². The Balaban J connectivity index is 1.34. The summed E-state index contributed by atoms with van der Waals surface area (Å²) >= 11 is 6.13. The van der Waals surface area contributed by atoms with Gasteiger partial charge in [-0.25, -0.2) is 4.39 Å². The molecule has 2 aliphatic rings. The number of aromatic nitrogens is 2. The van der Waals surface area contributed by atoms with Crippen LogP contribution in [0.1, 0.15) is 32.8 Å². The van der Waals surface area contributed by atoms with Gasteiger partial charge in [-0.2, -0.15) is 0 Å². The Morgan fingerprint density at radius 1 is 1.05 bits per heavy atom.